The summed E-state index contributed by atoms with van der Waals surface area (Å²) in [5, 5.41) is 1.82. The van der Waals surface area contributed by atoms with Gasteiger partial charge in [0.2, 0.25) is 5.28 Å². The summed E-state index contributed by atoms with van der Waals surface area (Å²) >= 11 is 7.52. The Hall–Kier alpha value is -2.05. The lowest BCUT2D eigenvalue weighted by molar-refractivity contribution is 0.122. The molecule has 1 atom stereocenters. The Labute approximate surface area is 208 Å². The van der Waals surface area contributed by atoms with Crippen molar-refractivity contribution in [2.24, 2.45) is 0 Å². The van der Waals surface area contributed by atoms with Gasteiger partial charge >= 0.3 is 0 Å². The van der Waals surface area contributed by atoms with E-state index in [-0.39, 0.29) is 15.5 Å². The van der Waals surface area contributed by atoms with Gasteiger partial charge in [-0.2, -0.15) is 4.98 Å². The number of aryl methyl sites for hydroxylation is 2. The fraction of sp³-hybridized carbons (Fsp3) is 0.500. The van der Waals surface area contributed by atoms with Crippen LogP contribution in [0.2, 0.25) is 5.28 Å². The number of sulfonamides is 1. The fourth-order valence-corrected chi connectivity index (χ4v) is 7.57. The molecule has 0 amide bonds. The van der Waals surface area contributed by atoms with Crippen LogP contribution in [0.25, 0.3) is 10.9 Å². The van der Waals surface area contributed by atoms with Crippen molar-refractivity contribution in [1.82, 2.24) is 19.7 Å². The van der Waals surface area contributed by atoms with Crippen molar-refractivity contribution in [3.05, 3.63) is 34.2 Å². The molecule has 1 N–H and O–H groups in total. The highest BCUT2D eigenvalue weighted by Gasteiger charge is 2.29. The van der Waals surface area contributed by atoms with Crippen LogP contribution in [-0.2, 0) is 14.8 Å². The summed E-state index contributed by atoms with van der Waals surface area (Å²) in [6.07, 6.45) is 1.59. The molecule has 2 fully saturated rings. The highest BCUT2D eigenvalue weighted by atomic mass is 35.5. The fourth-order valence-electron chi connectivity index (χ4n) is 4.63. The number of morpholine rings is 1. The summed E-state index contributed by atoms with van der Waals surface area (Å²) in [5.41, 5.74) is 2.39. The Kier molecular flexibility index (Phi) is 6.64. The average molecular weight is 523 g/mol. The molecule has 12 heteroatoms. The van der Waals surface area contributed by atoms with Gasteiger partial charge in [-0.25, -0.2) is 23.1 Å². The number of ether oxygens (including phenoxy) is 1. The van der Waals surface area contributed by atoms with Crippen molar-refractivity contribution in [3.63, 3.8) is 0 Å². The van der Waals surface area contributed by atoms with Crippen LogP contribution < -0.4 is 14.5 Å². The van der Waals surface area contributed by atoms with E-state index in [1.54, 1.807) is 6.92 Å². The number of nitrogens with zero attached hydrogens (tertiary/aromatic N) is 5. The van der Waals surface area contributed by atoms with Crippen LogP contribution in [0.5, 0.6) is 0 Å². The van der Waals surface area contributed by atoms with E-state index in [4.69, 9.17) is 16.3 Å². The number of benzene rings is 1. The van der Waals surface area contributed by atoms with Gasteiger partial charge in [-0.1, -0.05) is 0 Å². The SMILES string of the molecule is Cc1nc(C)c(S(=O)(=O)NC2CCCN(c3nc(Cl)nc4cc(N5CCOCC5)ccc34)C2)s1. The Balaban J connectivity index is 1.40. The Morgan fingerprint density at radius 1 is 1.12 bits per heavy atom. The first-order valence-electron chi connectivity index (χ1n) is 11.3. The largest absolute Gasteiger partial charge is 0.378 e. The minimum absolute atomic E-state index is 0.181. The summed E-state index contributed by atoms with van der Waals surface area (Å²) in [6.45, 7) is 7.90. The first-order chi connectivity index (χ1) is 16.3. The molecule has 182 valence electrons. The second-order valence-corrected chi connectivity index (χ2v) is 12.1. The molecule has 1 aromatic carbocycles. The number of fused-ring (bicyclic) bond motifs is 1. The van der Waals surface area contributed by atoms with E-state index in [1.165, 1.54) is 11.3 Å². The molecule has 5 rings (SSSR count). The van der Waals surface area contributed by atoms with Crippen LogP contribution in [0, 0.1) is 13.8 Å². The number of anilines is 2. The topological polar surface area (TPSA) is 101 Å². The maximum Gasteiger partial charge on any atom is 0.252 e. The van der Waals surface area contributed by atoms with E-state index in [2.05, 4.69) is 35.5 Å². The molecular formula is C22H27ClN6O3S2. The number of thiazole rings is 1. The lowest BCUT2D eigenvalue weighted by atomic mass is 10.1. The number of hydrogen-bond donors (Lipinski definition) is 1. The lowest BCUT2D eigenvalue weighted by Crippen LogP contribution is -2.48. The molecule has 2 saturated heterocycles. The van der Waals surface area contributed by atoms with Crippen LogP contribution in [-0.4, -0.2) is 68.8 Å². The molecule has 9 nitrogen and oxygen atoms in total. The third-order valence-electron chi connectivity index (χ3n) is 6.16. The van der Waals surface area contributed by atoms with Crippen molar-refractivity contribution < 1.29 is 13.2 Å². The third-order valence-corrected chi connectivity index (χ3v) is 9.53. The second-order valence-electron chi connectivity index (χ2n) is 8.63. The van der Waals surface area contributed by atoms with Gasteiger partial charge in [-0.05, 0) is 56.5 Å². The zero-order valence-electron chi connectivity index (χ0n) is 19.1. The lowest BCUT2D eigenvalue weighted by Gasteiger charge is -2.34. The van der Waals surface area contributed by atoms with Crippen LogP contribution >= 0.6 is 22.9 Å². The molecule has 0 bridgehead atoms. The normalized spacial score (nSPS) is 19.7. The molecule has 0 saturated carbocycles. The summed E-state index contributed by atoms with van der Waals surface area (Å²) in [4.78, 5) is 17.6. The van der Waals surface area contributed by atoms with Gasteiger partial charge in [-0.3, -0.25) is 0 Å². The van der Waals surface area contributed by atoms with Gasteiger partial charge < -0.3 is 14.5 Å². The number of rotatable bonds is 5. The number of halogens is 1. The van der Waals surface area contributed by atoms with E-state index in [0.717, 1.165) is 59.9 Å². The van der Waals surface area contributed by atoms with Crippen LogP contribution in [0.3, 0.4) is 0 Å². The monoisotopic (exact) mass is 522 g/mol. The van der Waals surface area contributed by atoms with Crippen LogP contribution in [0.1, 0.15) is 23.5 Å². The number of aromatic nitrogens is 3. The van der Waals surface area contributed by atoms with E-state index in [0.29, 0.717) is 25.5 Å². The van der Waals surface area contributed by atoms with Crippen molar-refractivity contribution >= 4 is 55.4 Å². The number of nitrogens with one attached hydrogen (secondary N) is 1. The van der Waals surface area contributed by atoms with Gasteiger partial charge in [0, 0.05) is 43.3 Å². The quantitative estimate of drug-likeness (QED) is 0.510. The Morgan fingerprint density at radius 2 is 1.91 bits per heavy atom. The van der Waals surface area contributed by atoms with E-state index >= 15 is 0 Å². The Morgan fingerprint density at radius 3 is 2.65 bits per heavy atom. The summed E-state index contributed by atoms with van der Waals surface area (Å²) < 4.78 is 34.7. The molecule has 34 heavy (non-hydrogen) atoms. The van der Waals surface area contributed by atoms with Gasteiger partial charge in [0.05, 0.1) is 29.4 Å². The first kappa shape index (κ1) is 23.7. The molecule has 3 aromatic rings. The smallest absolute Gasteiger partial charge is 0.252 e. The van der Waals surface area contributed by atoms with Crippen molar-refractivity contribution in [2.75, 3.05) is 49.2 Å². The van der Waals surface area contributed by atoms with Gasteiger partial charge in [0.1, 0.15) is 5.82 Å². The zero-order valence-corrected chi connectivity index (χ0v) is 21.5. The highest BCUT2D eigenvalue weighted by molar-refractivity contribution is 7.91. The highest BCUT2D eigenvalue weighted by Crippen LogP contribution is 2.31. The molecule has 2 aromatic heterocycles. The number of piperidine rings is 1. The predicted molar refractivity (Wildman–Crippen MR) is 135 cm³/mol. The van der Waals surface area contributed by atoms with Gasteiger partial charge in [-0.15, -0.1) is 11.3 Å². The minimum Gasteiger partial charge on any atom is -0.378 e. The van der Waals surface area contributed by atoms with Crippen molar-refractivity contribution in [1.29, 1.82) is 0 Å². The molecule has 2 aliphatic rings. The third kappa shape index (κ3) is 4.85. The summed E-state index contributed by atoms with van der Waals surface area (Å²) in [7, 11) is -3.64. The van der Waals surface area contributed by atoms with Gasteiger partial charge in [0.25, 0.3) is 10.0 Å². The van der Waals surface area contributed by atoms with Crippen molar-refractivity contribution in [3.8, 4) is 0 Å². The van der Waals surface area contributed by atoms with E-state index < -0.39 is 10.0 Å². The molecule has 4 heterocycles. The minimum atomic E-state index is -3.64. The maximum atomic E-state index is 13.0. The zero-order chi connectivity index (χ0) is 23.9. The molecule has 0 radical (unpaired) electrons. The first-order valence-corrected chi connectivity index (χ1v) is 14.0. The van der Waals surface area contributed by atoms with Crippen LogP contribution in [0.4, 0.5) is 11.5 Å². The van der Waals surface area contributed by atoms with Crippen LogP contribution in [0.15, 0.2) is 22.4 Å². The molecule has 0 spiro atoms. The van der Waals surface area contributed by atoms with Gasteiger partial charge in [0.15, 0.2) is 4.21 Å². The van der Waals surface area contributed by atoms with E-state index in [1.807, 2.05) is 19.1 Å². The average Bonchev–Trinajstić information content (AvgIpc) is 3.17. The molecule has 2 aliphatic heterocycles. The number of hydrogen-bond acceptors (Lipinski definition) is 9. The standard InChI is InChI=1S/C22H27ClN6O3S2/c1-14-21(33-15(2)24-14)34(30,31)27-16-4-3-7-29(13-16)20-18-6-5-17(28-8-10-32-11-9-28)12-19(18)25-22(23)26-20/h5-6,12,16,27H,3-4,7-11,13H2,1-2H3. The molecule has 1 unspecified atom stereocenters. The molecular weight excluding hydrogens is 496 g/mol. The second kappa shape index (κ2) is 9.54. The van der Waals surface area contributed by atoms with Crippen molar-refractivity contribution in [2.45, 2.75) is 36.9 Å². The predicted octanol–water partition coefficient (Wildman–Crippen LogP) is 3.14. The Bertz CT molecular complexity index is 1310. The summed E-state index contributed by atoms with van der Waals surface area (Å²) in [5.74, 6) is 0.734. The summed E-state index contributed by atoms with van der Waals surface area (Å²) in [6, 6.07) is 5.91. The van der Waals surface area contributed by atoms with E-state index in [9.17, 15) is 8.42 Å². The molecule has 0 aliphatic carbocycles. The maximum absolute atomic E-state index is 13.0.